The normalized spacial score (nSPS) is 8.29. The van der Waals surface area contributed by atoms with E-state index in [1.54, 1.807) is 0 Å². The first-order chi connectivity index (χ1) is 3.35. The molecular weight excluding hydrogens is 98.0 g/mol. The Morgan fingerprint density at radius 3 is 1.86 bits per heavy atom. The fraction of sp³-hybridized carbons (Fsp3) is 0.667. The van der Waals surface area contributed by atoms with Crippen molar-refractivity contribution in [3.8, 4) is 0 Å². The molecule has 0 aromatic heterocycles. The van der Waals surface area contributed by atoms with Crippen molar-refractivity contribution in [3.05, 3.63) is 0 Å². The van der Waals surface area contributed by atoms with Crippen LogP contribution in [0.2, 0.25) is 0 Å². The molecule has 0 unspecified atom stereocenters. The summed E-state index contributed by atoms with van der Waals surface area (Å²) in [7, 11) is 0. The van der Waals surface area contributed by atoms with Gasteiger partial charge >= 0.3 is 6.41 Å². The lowest BCUT2D eigenvalue weighted by Crippen LogP contribution is -2.23. The van der Waals surface area contributed by atoms with Crippen molar-refractivity contribution >= 4 is 6.41 Å². The standard InChI is InChI=1S/C3H6NO3/c5-1-4(2-6)3-7/h5-6H,1-2H2. The second-order valence-electron chi connectivity index (χ2n) is 0.914. The van der Waals surface area contributed by atoms with E-state index in [0.717, 1.165) is 0 Å². The Balaban J connectivity index is 3.16. The van der Waals surface area contributed by atoms with Crippen LogP contribution in [0, 0.1) is 0 Å². The summed E-state index contributed by atoms with van der Waals surface area (Å²) in [4.78, 5) is 10.1. The molecule has 4 nitrogen and oxygen atoms in total. The number of carbonyl (C=O) groups excluding carboxylic acids is 1. The van der Waals surface area contributed by atoms with Gasteiger partial charge in [0.05, 0.1) is 0 Å². The van der Waals surface area contributed by atoms with Crippen LogP contribution in [-0.4, -0.2) is 35.0 Å². The van der Waals surface area contributed by atoms with Crippen LogP contribution >= 0.6 is 0 Å². The van der Waals surface area contributed by atoms with Crippen molar-refractivity contribution in [2.45, 2.75) is 0 Å². The molecule has 0 spiro atoms. The summed E-state index contributed by atoms with van der Waals surface area (Å²) >= 11 is 0. The first kappa shape index (κ1) is 6.39. The number of nitrogens with zero attached hydrogens (tertiary/aromatic N) is 1. The smallest absolute Gasteiger partial charge is 0.315 e. The monoisotopic (exact) mass is 104 g/mol. The Morgan fingerprint density at radius 2 is 1.86 bits per heavy atom. The third-order valence-corrected chi connectivity index (χ3v) is 0.471. The molecule has 7 heavy (non-hydrogen) atoms. The van der Waals surface area contributed by atoms with E-state index in [4.69, 9.17) is 10.2 Å². The fourth-order valence-electron chi connectivity index (χ4n) is 0.102. The first-order valence-electron chi connectivity index (χ1n) is 1.69. The van der Waals surface area contributed by atoms with E-state index in [-0.39, 0.29) is 0 Å². The molecule has 4 heteroatoms. The fourth-order valence-corrected chi connectivity index (χ4v) is 0.102. The molecule has 2 N–H and O–H groups in total. The summed E-state index contributed by atoms with van der Waals surface area (Å²) in [6.07, 6.45) is 1.28. The van der Waals surface area contributed by atoms with Gasteiger partial charge in [0, 0.05) is 0 Å². The van der Waals surface area contributed by atoms with Crippen LogP contribution in [0.5, 0.6) is 0 Å². The molecule has 0 saturated heterocycles. The molecule has 0 saturated carbocycles. The van der Waals surface area contributed by atoms with Crippen LogP contribution < -0.4 is 0 Å². The second kappa shape index (κ2) is 3.58. The van der Waals surface area contributed by atoms with Gasteiger partial charge in [0.15, 0.2) is 0 Å². The molecular formula is C3H6NO3. The molecule has 0 heterocycles. The minimum atomic E-state index is -0.486. The van der Waals surface area contributed by atoms with Gasteiger partial charge < -0.3 is 10.2 Å². The van der Waals surface area contributed by atoms with Crippen molar-refractivity contribution in [2.75, 3.05) is 13.5 Å². The maximum Gasteiger partial charge on any atom is 0.315 e. The van der Waals surface area contributed by atoms with Crippen LogP contribution in [0.1, 0.15) is 0 Å². The lowest BCUT2D eigenvalue weighted by atomic mass is 10.9. The van der Waals surface area contributed by atoms with Gasteiger partial charge in [0.2, 0.25) is 0 Å². The van der Waals surface area contributed by atoms with Gasteiger partial charge in [-0.25, -0.2) is 0 Å². The Bertz CT molecular complexity index is 52.1. The van der Waals surface area contributed by atoms with Gasteiger partial charge in [-0.05, 0) is 0 Å². The number of amides is 1. The molecule has 1 radical (unpaired) electrons. The summed E-state index contributed by atoms with van der Waals surface area (Å²) < 4.78 is 0. The first-order valence-corrected chi connectivity index (χ1v) is 1.69. The van der Waals surface area contributed by atoms with Crippen molar-refractivity contribution < 1.29 is 15.0 Å². The largest absolute Gasteiger partial charge is 0.376 e. The highest BCUT2D eigenvalue weighted by atomic mass is 16.3. The van der Waals surface area contributed by atoms with E-state index in [0.29, 0.717) is 4.90 Å². The average Bonchev–Trinajstić information content (AvgIpc) is 1.72. The summed E-state index contributed by atoms with van der Waals surface area (Å²) in [6.45, 7) is -0.972. The molecule has 41 valence electrons. The Morgan fingerprint density at radius 1 is 1.43 bits per heavy atom. The summed E-state index contributed by atoms with van der Waals surface area (Å²) in [5.74, 6) is 0. The molecule has 0 fully saturated rings. The van der Waals surface area contributed by atoms with Crippen LogP contribution in [-0.2, 0) is 4.79 Å². The molecule has 1 amide bonds. The predicted octanol–water partition coefficient (Wildman–Crippen LogP) is -1.74. The third-order valence-electron chi connectivity index (χ3n) is 0.471. The topological polar surface area (TPSA) is 60.8 Å². The average molecular weight is 104 g/mol. The highest BCUT2D eigenvalue weighted by molar-refractivity contribution is 5.47. The van der Waals surface area contributed by atoms with E-state index in [9.17, 15) is 4.79 Å². The minimum Gasteiger partial charge on any atom is -0.376 e. The van der Waals surface area contributed by atoms with Crippen LogP contribution in [0.15, 0.2) is 0 Å². The molecule has 0 rings (SSSR count). The summed E-state index contributed by atoms with van der Waals surface area (Å²) in [5, 5.41) is 16.1. The zero-order valence-corrected chi connectivity index (χ0v) is 3.66. The highest BCUT2D eigenvalue weighted by Gasteiger charge is 1.92. The van der Waals surface area contributed by atoms with Gasteiger partial charge in [0.1, 0.15) is 13.5 Å². The third kappa shape index (κ3) is 2.13. The lowest BCUT2D eigenvalue weighted by Gasteiger charge is -2.04. The van der Waals surface area contributed by atoms with Gasteiger partial charge in [0.25, 0.3) is 0 Å². The molecule has 0 bridgehead atoms. The van der Waals surface area contributed by atoms with Crippen molar-refractivity contribution in [1.82, 2.24) is 4.90 Å². The van der Waals surface area contributed by atoms with E-state index in [1.165, 1.54) is 6.41 Å². The number of hydrogen-bond donors (Lipinski definition) is 2. The molecule has 0 aliphatic carbocycles. The van der Waals surface area contributed by atoms with E-state index >= 15 is 0 Å². The maximum absolute atomic E-state index is 9.45. The number of aliphatic hydroxyl groups is 2. The van der Waals surface area contributed by atoms with Crippen LogP contribution in [0.3, 0.4) is 0 Å². The molecule has 0 aliphatic heterocycles. The van der Waals surface area contributed by atoms with Crippen molar-refractivity contribution in [2.24, 2.45) is 0 Å². The van der Waals surface area contributed by atoms with Gasteiger partial charge in [-0.2, -0.15) is 0 Å². The minimum absolute atomic E-state index is 0.486. The van der Waals surface area contributed by atoms with E-state index in [2.05, 4.69) is 0 Å². The lowest BCUT2D eigenvalue weighted by molar-refractivity contribution is 0.0834. The van der Waals surface area contributed by atoms with Gasteiger partial charge in [-0.3, -0.25) is 9.69 Å². The zero-order valence-electron chi connectivity index (χ0n) is 3.66. The number of rotatable bonds is 3. The maximum atomic E-state index is 9.45. The molecule has 0 atom stereocenters. The number of hydrogen-bond acceptors (Lipinski definition) is 3. The van der Waals surface area contributed by atoms with E-state index < -0.39 is 13.5 Å². The SMILES string of the molecule is O=[C]N(CO)CO. The van der Waals surface area contributed by atoms with Gasteiger partial charge in [-0.1, -0.05) is 0 Å². The molecule has 0 aromatic carbocycles. The highest BCUT2D eigenvalue weighted by Crippen LogP contribution is 1.70. The number of aliphatic hydroxyl groups excluding tert-OH is 2. The Labute approximate surface area is 41.0 Å². The van der Waals surface area contributed by atoms with E-state index in [1.807, 2.05) is 0 Å². The predicted molar refractivity (Wildman–Crippen MR) is 21.7 cm³/mol. The van der Waals surface area contributed by atoms with Gasteiger partial charge in [-0.15, -0.1) is 0 Å². The molecule has 0 aliphatic rings. The molecule has 0 aromatic rings. The van der Waals surface area contributed by atoms with Crippen molar-refractivity contribution in [1.29, 1.82) is 0 Å². The Kier molecular flexibility index (Phi) is 3.26. The zero-order chi connectivity index (χ0) is 5.70. The summed E-state index contributed by atoms with van der Waals surface area (Å²) in [6, 6.07) is 0. The van der Waals surface area contributed by atoms with Crippen LogP contribution in [0.4, 0.5) is 0 Å². The van der Waals surface area contributed by atoms with Crippen LogP contribution in [0.25, 0.3) is 0 Å². The second-order valence-corrected chi connectivity index (χ2v) is 0.914. The quantitative estimate of drug-likeness (QED) is 0.330. The Hall–Kier alpha value is -0.610. The van der Waals surface area contributed by atoms with Crippen molar-refractivity contribution in [3.63, 3.8) is 0 Å². The summed E-state index contributed by atoms with van der Waals surface area (Å²) in [5.41, 5.74) is 0.